The van der Waals surface area contributed by atoms with Gasteiger partial charge in [0.15, 0.2) is 11.6 Å². The summed E-state index contributed by atoms with van der Waals surface area (Å²) < 4.78 is 33.4. The fraction of sp³-hybridized carbons (Fsp3) is 0.304. The third-order valence-electron chi connectivity index (χ3n) is 4.54. The highest BCUT2D eigenvalue weighted by Crippen LogP contribution is 2.40. The van der Waals surface area contributed by atoms with Crippen LogP contribution in [0.25, 0.3) is 17.2 Å². The van der Waals surface area contributed by atoms with Gasteiger partial charge in [-0.25, -0.2) is 8.78 Å². The molecule has 7 heteroatoms. The molecule has 1 atom stereocenters. The van der Waals surface area contributed by atoms with Crippen LogP contribution in [0.1, 0.15) is 43.7 Å². The van der Waals surface area contributed by atoms with E-state index in [2.05, 4.69) is 0 Å². The van der Waals surface area contributed by atoms with E-state index < -0.39 is 35.9 Å². The standard InChI is InChI=1S/C23H24F2O5/c1-13(2)19-12-20(25)23(30-3)22(14-4-6-15(24)7-5-14)18(19)9-8-16(26)10-17(27)11-21(28)29/h4-9,12-13,16,26H,10-11H2,1-3H3,(H,28,29)/b9-8+. The van der Waals surface area contributed by atoms with E-state index in [1.165, 1.54) is 43.5 Å². The average molecular weight is 418 g/mol. The maximum Gasteiger partial charge on any atom is 0.310 e. The first-order valence-corrected chi connectivity index (χ1v) is 9.40. The second-order valence-corrected chi connectivity index (χ2v) is 7.17. The number of carboxylic acid groups (broad SMARTS) is 1. The number of carbonyl (C=O) groups is 2. The molecule has 0 saturated heterocycles. The van der Waals surface area contributed by atoms with Gasteiger partial charge < -0.3 is 14.9 Å². The number of aliphatic hydroxyl groups excluding tert-OH is 1. The maximum atomic E-state index is 14.7. The Balaban J connectivity index is 2.56. The van der Waals surface area contributed by atoms with Crippen LogP contribution in [0.4, 0.5) is 8.78 Å². The molecule has 0 bridgehead atoms. The molecule has 0 aromatic heterocycles. The van der Waals surface area contributed by atoms with Gasteiger partial charge in [-0.15, -0.1) is 0 Å². The minimum atomic E-state index is -1.26. The summed E-state index contributed by atoms with van der Waals surface area (Å²) in [6.45, 7) is 3.75. The number of aliphatic hydroxyl groups is 1. The highest BCUT2D eigenvalue weighted by molar-refractivity contribution is 5.95. The van der Waals surface area contributed by atoms with Crippen LogP contribution >= 0.6 is 0 Å². The Kier molecular flexibility index (Phi) is 7.83. The van der Waals surface area contributed by atoms with Crippen molar-refractivity contribution in [3.63, 3.8) is 0 Å². The minimum absolute atomic E-state index is 0.0258. The van der Waals surface area contributed by atoms with Crippen molar-refractivity contribution in [3.8, 4) is 16.9 Å². The van der Waals surface area contributed by atoms with Crippen LogP contribution in [0.2, 0.25) is 0 Å². The number of Topliss-reactive ketones (excluding diaryl/α,β-unsaturated/α-hetero) is 1. The number of carbonyl (C=O) groups excluding carboxylic acids is 1. The SMILES string of the molecule is COc1c(F)cc(C(C)C)c(/C=C/C(O)CC(=O)CC(=O)O)c1-c1ccc(F)cc1. The Bertz CT molecular complexity index is 949. The largest absolute Gasteiger partial charge is 0.493 e. The molecule has 0 fully saturated rings. The number of methoxy groups -OCH3 is 1. The molecule has 0 aliphatic carbocycles. The van der Waals surface area contributed by atoms with Crippen molar-refractivity contribution in [2.45, 2.75) is 38.7 Å². The molecule has 30 heavy (non-hydrogen) atoms. The van der Waals surface area contributed by atoms with Crippen molar-refractivity contribution in [1.82, 2.24) is 0 Å². The van der Waals surface area contributed by atoms with Gasteiger partial charge in [0.2, 0.25) is 0 Å². The van der Waals surface area contributed by atoms with Gasteiger partial charge in [0, 0.05) is 12.0 Å². The Morgan fingerprint density at radius 2 is 1.80 bits per heavy atom. The first-order valence-electron chi connectivity index (χ1n) is 9.40. The molecule has 2 rings (SSSR count). The predicted octanol–water partition coefficient (Wildman–Crippen LogP) is 4.57. The highest BCUT2D eigenvalue weighted by Gasteiger charge is 2.21. The summed E-state index contributed by atoms with van der Waals surface area (Å²) in [5.74, 6) is -3.01. The lowest BCUT2D eigenvalue weighted by Gasteiger charge is -2.19. The molecule has 1 unspecified atom stereocenters. The number of hydrogen-bond acceptors (Lipinski definition) is 4. The molecule has 5 nitrogen and oxygen atoms in total. The van der Waals surface area contributed by atoms with E-state index in [1.807, 2.05) is 13.8 Å². The molecule has 0 spiro atoms. The second-order valence-electron chi connectivity index (χ2n) is 7.17. The number of ether oxygens (including phenoxy) is 1. The van der Waals surface area contributed by atoms with E-state index in [4.69, 9.17) is 9.84 Å². The van der Waals surface area contributed by atoms with Gasteiger partial charge in [0.05, 0.1) is 13.2 Å². The predicted molar refractivity (Wildman–Crippen MR) is 109 cm³/mol. The number of aliphatic carboxylic acids is 1. The van der Waals surface area contributed by atoms with Crippen LogP contribution in [0, 0.1) is 11.6 Å². The summed E-state index contributed by atoms with van der Waals surface area (Å²) in [4.78, 5) is 22.3. The number of rotatable bonds is 9. The molecule has 0 aliphatic heterocycles. The Labute approximate surface area is 173 Å². The lowest BCUT2D eigenvalue weighted by Crippen LogP contribution is -2.14. The van der Waals surface area contributed by atoms with Crippen molar-refractivity contribution in [1.29, 1.82) is 0 Å². The van der Waals surface area contributed by atoms with Gasteiger partial charge in [-0.3, -0.25) is 9.59 Å². The van der Waals surface area contributed by atoms with Gasteiger partial charge in [-0.2, -0.15) is 0 Å². The van der Waals surface area contributed by atoms with Gasteiger partial charge in [0.1, 0.15) is 18.0 Å². The quantitative estimate of drug-likeness (QED) is 0.583. The van der Waals surface area contributed by atoms with E-state index in [0.717, 1.165) is 0 Å². The minimum Gasteiger partial charge on any atom is -0.493 e. The van der Waals surface area contributed by atoms with Crippen molar-refractivity contribution < 1.29 is 33.3 Å². The summed E-state index contributed by atoms with van der Waals surface area (Å²) in [5, 5.41) is 18.8. The molecule has 2 aromatic rings. The van der Waals surface area contributed by atoms with E-state index >= 15 is 0 Å². The summed E-state index contributed by atoms with van der Waals surface area (Å²) in [6.07, 6.45) is 0.659. The zero-order valence-electron chi connectivity index (χ0n) is 17.0. The lowest BCUT2D eigenvalue weighted by atomic mass is 9.88. The zero-order chi connectivity index (χ0) is 22.4. The molecule has 0 aliphatic rings. The van der Waals surface area contributed by atoms with E-state index in [9.17, 15) is 23.5 Å². The monoisotopic (exact) mass is 418 g/mol. The van der Waals surface area contributed by atoms with Crippen molar-refractivity contribution in [2.24, 2.45) is 0 Å². The molecule has 0 heterocycles. The van der Waals surface area contributed by atoms with E-state index in [-0.39, 0.29) is 18.1 Å². The van der Waals surface area contributed by atoms with E-state index in [0.29, 0.717) is 22.3 Å². The van der Waals surface area contributed by atoms with Gasteiger partial charge in [-0.1, -0.05) is 38.1 Å². The second kappa shape index (κ2) is 10.1. The average Bonchev–Trinajstić information content (AvgIpc) is 2.66. The fourth-order valence-electron chi connectivity index (χ4n) is 3.18. The topological polar surface area (TPSA) is 83.8 Å². The molecule has 2 N–H and O–H groups in total. The molecular weight excluding hydrogens is 394 g/mol. The molecule has 2 aromatic carbocycles. The normalized spacial score (nSPS) is 12.4. The molecule has 0 amide bonds. The van der Waals surface area contributed by atoms with Crippen LogP contribution in [0.5, 0.6) is 5.75 Å². The summed E-state index contributed by atoms with van der Waals surface area (Å²) >= 11 is 0. The summed E-state index contributed by atoms with van der Waals surface area (Å²) in [7, 11) is 1.33. The van der Waals surface area contributed by atoms with Crippen LogP contribution in [-0.4, -0.2) is 35.2 Å². The highest BCUT2D eigenvalue weighted by atomic mass is 19.1. The number of ketones is 1. The van der Waals surface area contributed by atoms with Crippen molar-refractivity contribution in [3.05, 3.63) is 59.2 Å². The Hall–Kier alpha value is -3.06. The number of hydrogen-bond donors (Lipinski definition) is 2. The third-order valence-corrected chi connectivity index (χ3v) is 4.54. The number of halogens is 2. The summed E-state index contributed by atoms with van der Waals surface area (Å²) in [6, 6.07) is 6.85. The molecule has 0 saturated carbocycles. The van der Waals surface area contributed by atoms with Crippen LogP contribution in [0.3, 0.4) is 0 Å². The zero-order valence-corrected chi connectivity index (χ0v) is 17.0. The van der Waals surface area contributed by atoms with Gasteiger partial charge >= 0.3 is 5.97 Å². The van der Waals surface area contributed by atoms with Gasteiger partial charge in [0.25, 0.3) is 0 Å². The first kappa shape index (κ1) is 23.2. The maximum absolute atomic E-state index is 14.7. The summed E-state index contributed by atoms with van der Waals surface area (Å²) in [5.41, 5.74) is 2.10. The van der Waals surface area contributed by atoms with E-state index in [1.54, 1.807) is 6.08 Å². The fourth-order valence-corrected chi connectivity index (χ4v) is 3.18. The molecule has 160 valence electrons. The molecular formula is C23H24F2O5. The number of carboxylic acids is 1. The lowest BCUT2D eigenvalue weighted by molar-refractivity contribution is -0.140. The Morgan fingerprint density at radius 1 is 1.17 bits per heavy atom. The van der Waals surface area contributed by atoms with Crippen molar-refractivity contribution in [2.75, 3.05) is 7.11 Å². The molecule has 0 radical (unpaired) electrons. The first-order chi connectivity index (χ1) is 14.1. The smallest absolute Gasteiger partial charge is 0.310 e. The van der Waals surface area contributed by atoms with Crippen LogP contribution in [-0.2, 0) is 9.59 Å². The van der Waals surface area contributed by atoms with Crippen LogP contribution < -0.4 is 4.74 Å². The Morgan fingerprint density at radius 3 is 2.33 bits per heavy atom. The third kappa shape index (κ3) is 5.73. The van der Waals surface area contributed by atoms with Crippen molar-refractivity contribution >= 4 is 17.8 Å². The van der Waals surface area contributed by atoms with Crippen LogP contribution in [0.15, 0.2) is 36.4 Å². The number of benzene rings is 2. The van der Waals surface area contributed by atoms with Gasteiger partial charge in [-0.05, 0) is 40.8 Å².